The lowest BCUT2D eigenvalue weighted by atomic mass is 10.4. The van der Waals surface area contributed by atoms with Crippen LogP contribution in [0.15, 0.2) is 31.1 Å². The van der Waals surface area contributed by atoms with E-state index >= 15 is 0 Å². The molecular formula is C11H19N4+3. The first-order valence-electron chi connectivity index (χ1n) is 5.32. The van der Waals surface area contributed by atoms with Gasteiger partial charge in [0.25, 0.3) is 0 Å². The van der Waals surface area contributed by atoms with Crippen LogP contribution in [-0.2, 0) is 6.54 Å². The quantitative estimate of drug-likeness (QED) is 0.542. The van der Waals surface area contributed by atoms with Crippen molar-refractivity contribution in [2.45, 2.75) is 13.0 Å². The van der Waals surface area contributed by atoms with E-state index in [1.807, 2.05) is 12.5 Å². The third-order valence-corrected chi connectivity index (χ3v) is 2.52. The van der Waals surface area contributed by atoms with Crippen LogP contribution in [0.3, 0.4) is 0 Å². The molecule has 0 saturated carbocycles. The average Bonchev–Trinajstić information content (AvgIpc) is 2.76. The van der Waals surface area contributed by atoms with E-state index in [0.717, 1.165) is 24.0 Å². The molecule has 1 aliphatic heterocycles. The third-order valence-electron chi connectivity index (χ3n) is 2.52. The fourth-order valence-corrected chi connectivity index (χ4v) is 1.74. The van der Waals surface area contributed by atoms with Crippen molar-refractivity contribution >= 4 is 6.34 Å². The molecule has 0 fully saturated rings. The SMILES string of the molecule is C[N+]1(C)C=C[N+](CCC[n+]2cc[nH]c2)=C1. The zero-order chi connectivity index (χ0) is 10.7. The lowest BCUT2D eigenvalue weighted by Crippen LogP contribution is -2.33. The Morgan fingerprint density at radius 1 is 1.27 bits per heavy atom. The van der Waals surface area contributed by atoms with Crippen LogP contribution in [0.2, 0.25) is 0 Å². The topological polar surface area (TPSA) is 22.7 Å². The predicted molar refractivity (Wildman–Crippen MR) is 58.0 cm³/mol. The van der Waals surface area contributed by atoms with Gasteiger partial charge >= 0.3 is 6.34 Å². The summed E-state index contributed by atoms with van der Waals surface area (Å²) in [7, 11) is 4.33. The molecule has 0 unspecified atom stereocenters. The molecule has 0 bridgehead atoms. The van der Waals surface area contributed by atoms with E-state index in [0.29, 0.717) is 0 Å². The molecule has 15 heavy (non-hydrogen) atoms. The summed E-state index contributed by atoms with van der Waals surface area (Å²) in [5, 5.41) is 0. The number of nitrogens with one attached hydrogen (secondary N) is 1. The molecule has 0 atom stereocenters. The molecule has 0 radical (unpaired) electrons. The van der Waals surface area contributed by atoms with Crippen molar-refractivity contribution in [1.29, 1.82) is 0 Å². The van der Waals surface area contributed by atoms with E-state index in [1.165, 1.54) is 0 Å². The van der Waals surface area contributed by atoms with Crippen molar-refractivity contribution in [2.75, 3.05) is 20.6 Å². The van der Waals surface area contributed by atoms with Crippen molar-refractivity contribution in [3.8, 4) is 0 Å². The summed E-state index contributed by atoms with van der Waals surface area (Å²) in [6, 6.07) is 0. The van der Waals surface area contributed by atoms with Gasteiger partial charge < -0.3 is 0 Å². The third kappa shape index (κ3) is 2.76. The highest BCUT2D eigenvalue weighted by Gasteiger charge is 2.22. The predicted octanol–water partition coefficient (Wildman–Crippen LogP) is 0.294. The Morgan fingerprint density at radius 2 is 2.13 bits per heavy atom. The van der Waals surface area contributed by atoms with Gasteiger partial charge in [-0.2, -0.15) is 4.58 Å². The van der Waals surface area contributed by atoms with Gasteiger partial charge in [-0.15, -0.1) is 0 Å². The van der Waals surface area contributed by atoms with Gasteiger partial charge in [0, 0.05) is 6.42 Å². The minimum absolute atomic E-state index is 0.845. The van der Waals surface area contributed by atoms with Crippen molar-refractivity contribution in [2.24, 2.45) is 0 Å². The minimum atomic E-state index is 0.845. The van der Waals surface area contributed by atoms with Crippen LogP contribution >= 0.6 is 0 Å². The Morgan fingerprint density at radius 3 is 2.73 bits per heavy atom. The normalized spacial score (nSPS) is 18.1. The number of H-pyrrole nitrogens is 1. The Bertz CT molecular complexity index is 373. The highest BCUT2D eigenvalue weighted by molar-refractivity contribution is 5.42. The molecule has 80 valence electrons. The second kappa shape index (κ2) is 3.98. The maximum atomic E-state index is 3.05. The smallest absolute Gasteiger partial charge is 0.250 e. The molecule has 1 aromatic rings. The van der Waals surface area contributed by atoms with Crippen LogP contribution in [0.25, 0.3) is 0 Å². The second-order valence-corrected chi connectivity index (χ2v) is 4.48. The molecule has 1 aliphatic rings. The molecule has 2 rings (SSSR count). The maximum absolute atomic E-state index is 3.05. The Kier molecular flexibility index (Phi) is 2.68. The number of nitrogens with zero attached hydrogens (tertiary/aromatic N) is 3. The maximum Gasteiger partial charge on any atom is 0.336 e. The van der Waals surface area contributed by atoms with E-state index in [-0.39, 0.29) is 0 Å². The molecule has 4 heteroatoms. The van der Waals surface area contributed by atoms with E-state index < -0.39 is 0 Å². The first-order valence-corrected chi connectivity index (χ1v) is 5.32. The lowest BCUT2D eigenvalue weighted by Gasteiger charge is -2.08. The molecule has 0 amide bonds. The summed E-state index contributed by atoms with van der Waals surface area (Å²) in [4.78, 5) is 3.05. The number of rotatable bonds is 4. The fourth-order valence-electron chi connectivity index (χ4n) is 1.74. The zero-order valence-corrected chi connectivity index (χ0v) is 9.43. The number of aromatic amines is 1. The minimum Gasteiger partial charge on any atom is -0.250 e. The van der Waals surface area contributed by atoms with Gasteiger partial charge in [0.15, 0.2) is 12.7 Å². The molecule has 1 aromatic heterocycles. The van der Waals surface area contributed by atoms with Crippen molar-refractivity contribution in [1.82, 2.24) is 4.98 Å². The van der Waals surface area contributed by atoms with Crippen LogP contribution in [0.5, 0.6) is 0 Å². The summed E-state index contributed by atoms with van der Waals surface area (Å²) in [5.41, 5.74) is 0. The van der Waals surface area contributed by atoms with E-state index in [4.69, 9.17) is 0 Å². The average molecular weight is 207 g/mol. The fraction of sp³-hybridized carbons (Fsp3) is 0.455. The van der Waals surface area contributed by atoms with Gasteiger partial charge in [-0.3, -0.25) is 4.98 Å². The molecule has 0 saturated heterocycles. The molecule has 4 nitrogen and oxygen atoms in total. The number of imidazole rings is 1. The summed E-state index contributed by atoms with van der Waals surface area (Å²) in [6.45, 7) is 2.14. The van der Waals surface area contributed by atoms with E-state index in [2.05, 4.69) is 53.2 Å². The number of hydrogen-bond acceptors (Lipinski definition) is 0. The van der Waals surface area contributed by atoms with Gasteiger partial charge in [-0.05, 0) is 0 Å². The van der Waals surface area contributed by atoms with Crippen molar-refractivity contribution in [3.05, 3.63) is 31.1 Å². The molecule has 2 heterocycles. The Labute approximate surface area is 90.4 Å². The summed E-state index contributed by atoms with van der Waals surface area (Å²) >= 11 is 0. The number of aryl methyl sites for hydroxylation is 1. The van der Waals surface area contributed by atoms with Crippen molar-refractivity contribution < 1.29 is 13.6 Å². The summed E-state index contributed by atoms with van der Waals surface area (Å²) in [5.74, 6) is 0. The molecule has 0 aromatic carbocycles. The monoisotopic (exact) mass is 207 g/mol. The second-order valence-electron chi connectivity index (χ2n) is 4.48. The highest BCUT2D eigenvalue weighted by Crippen LogP contribution is 2.02. The van der Waals surface area contributed by atoms with E-state index in [9.17, 15) is 0 Å². The number of hydrogen-bond donors (Lipinski definition) is 1. The zero-order valence-electron chi connectivity index (χ0n) is 9.43. The van der Waals surface area contributed by atoms with Gasteiger partial charge in [0.05, 0.1) is 20.6 Å². The molecular weight excluding hydrogens is 188 g/mol. The van der Waals surface area contributed by atoms with Gasteiger partial charge in [-0.25, -0.2) is 9.05 Å². The largest absolute Gasteiger partial charge is 0.336 e. The molecule has 0 spiro atoms. The molecule has 0 aliphatic carbocycles. The summed E-state index contributed by atoms with van der Waals surface area (Å²) in [6.07, 6.45) is 13.7. The lowest BCUT2D eigenvalue weighted by molar-refractivity contribution is -0.746. The van der Waals surface area contributed by atoms with Crippen LogP contribution in [0, 0.1) is 0 Å². The van der Waals surface area contributed by atoms with Crippen LogP contribution < -0.4 is 4.57 Å². The molecule has 1 N–H and O–H groups in total. The van der Waals surface area contributed by atoms with E-state index in [1.54, 1.807) is 0 Å². The standard InChI is InChI=1S/C11H18N4/c1-15(2)9-8-14(11-15)6-3-5-13-7-4-12-10-13/h4,7-11H,3,5-6H2,1-2H3/q+2/p+1. The number of aromatic nitrogens is 2. The van der Waals surface area contributed by atoms with Crippen molar-refractivity contribution in [3.63, 3.8) is 0 Å². The van der Waals surface area contributed by atoms with Gasteiger partial charge in [0.2, 0.25) is 12.5 Å². The first-order chi connectivity index (χ1) is 7.16. The number of quaternary nitrogens is 1. The van der Waals surface area contributed by atoms with Crippen LogP contribution in [0.1, 0.15) is 6.42 Å². The first kappa shape index (κ1) is 10.1. The van der Waals surface area contributed by atoms with Crippen LogP contribution in [0.4, 0.5) is 0 Å². The Hall–Kier alpha value is -1.42. The van der Waals surface area contributed by atoms with Gasteiger partial charge in [0.1, 0.15) is 12.4 Å². The highest BCUT2D eigenvalue weighted by atomic mass is 15.4. The van der Waals surface area contributed by atoms with Crippen LogP contribution in [-0.4, -0.2) is 41.0 Å². The Balaban J connectivity index is 1.78. The van der Waals surface area contributed by atoms with Gasteiger partial charge in [-0.1, -0.05) is 0 Å². The summed E-state index contributed by atoms with van der Waals surface area (Å²) < 4.78 is 5.27.